The van der Waals surface area contributed by atoms with Crippen LogP contribution in [0.25, 0.3) is 0 Å². The number of hydrogen-bond acceptors (Lipinski definition) is 3. The van der Waals surface area contributed by atoms with E-state index >= 15 is 0 Å². The molecule has 1 N–H and O–H groups in total. The second-order valence-electron chi connectivity index (χ2n) is 5.21. The van der Waals surface area contributed by atoms with E-state index in [0.717, 1.165) is 23.6 Å². The third-order valence-corrected chi connectivity index (χ3v) is 3.72. The van der Waals surface area contributed by atoms with Crippen molar-refractivity contribution in [1.29, 1.82) is 0 Å². The monoisotopic (exact) mass is 349 g/mol. The molecule has 2 aromatic rings. The summed E-state index contributed by atoms with van der Waals surface area (Å²) in [6.45, 7) is 3.36. The van der Waals surface area contributed by atoms with Crippen molar-refractivity contribution in [2.24, 2.45) is 0 Å². The topological polar surface area (TPSA) is 55.4 Å². The van der Waals surface area contributed by atoms with Crippen LogP contribution >= 0.6 is 11.6 Å². The number of para-hydroxylation sites is 1. The fourth-order valence-electron chi connectivity index (χ4n) is 2.24. The van der Waals surface area contributed by atoms with Gasteiger partial charge in [-0.05, 0) is 42.7 Å². The summed E-state index contributed by atoms with van der Waals surface area (Å²) in [5.41, 5.74) is 2.34. The van der Waals surface area contributed by atoms with E-state index in [-0.39, 0.29) is 10.6 Å². The number of carbonyl (C=O) groups excluding carboxylic acids is 2. The molecule has 24 heavy (non-hydrogen) atoms. The summed E-state index contributed by atoms with van der Waals surface area (Å²) >= 11 is 5.63. The lowest BCUT2D eigenvalue weighted by Crippen LogP contribution is -2.22. The maximum Gasteiger partial charge on any atom is 0.341 e. The SMILES string of the molecule is CCc1cccc(C)c1NC(=O)COC(=O)c1ccc(Cl)cc1F. The standard InChI is InChI=1S/C18H17ClFNO3/c1-3-12-6-4-5-11(2)17(12)21-16(22)10-24-18(23)14-8-7-13(19)9-15(14)20/h4-9H,3,10H2,1-2H3,(H,21,22). The maximum absolute atomic E-state index is 13.6. The largest absolute Gasteiger partial charge is 0.452 e. The zero-order chi connectivity index (χ0) is 17.7. The van der Waals surface area contributed by atoms with E-state index in [9.17, 15) is 14.0 Å². The summed E-state index contributed by atoms with van der Waals surface area (Å²) < 4.78 is 18.5. The van der Waals surface area contributed by atoms with Crippen molar-refractivity contribution in [3.05, 3.63) is 63.9 Å². The van der Waals surface area contributed by atoms with E-state index in [2.05, 4.69) is 5.32 Å². The second-order valence-corrected chi connectivity index (χ2v) is 5.65. The minimum atomic E-state index is -0.917. The van der Waals surface area contributed by atoms with Crippen molar-refractivity contribution in [2.75, 3.05) is 11.9 Å². The summed E-state index contributed by atoms with van der Waals surface area (Å²) in [4.78, 5) is 23.8. The molecule has 126 valence electrons. The fourth-order valence-corrected chi connectivity index (χ4v) is 2.40. The quantitative estimate of drug-likeness (QED) is 0.825. The van der Waals surface area contributed by atoms with Gasteiger partial charge in [0.05, 0.1) is 5.56 Å². The van der Waals surface area contributed by atoms with Gasteiger partial charge in [0, 0.05) is 10.7 Å². The van der Waals surface area contributed by atoms with Gasteiger partial charge in [0.15, 0.2) is 6.61 Å². The number of rotatable bonds is 5. The van der Waals surface area contributed by atoms with E-state index < -0.39 is 24.3 Å². The van der Waals surface area contributed by atoms with Crippen molar-refractivity contribution in [2.45, 2.75) is 20.3 Å². The van der Waals surface area contributed by atoms with Crippen molar-refractivity contribution in [3.63, 3.8) is 0 Å². The molecular weight excluding hydrogens is 333 g/mol. The molecule has 0 aliphatic rings. The minimum absolute atomic E-state index is 0.174. The first-order valence-corrected chi connectivity index (χ1v) is 7.80. The highest BCUT2D eigenvalue weighted by Gasteiger charge is 2.16. The van der Waals surface area contributed by atoms with E-state index in [0.29, 0.717) is 5.69 Å². The average molecular weight is 350 g/mol. The van der Waals surface area contributed by atoms with Crippen LogP contribution < -0.4 is 5.32 Å². The van der Waals surface area contributed by atoms with Crippen LogP contribution in [0.5, 0.6) is 0 Å². The predicted molar refractivity (Wildman–Crippen MR) is 90.9 cm³/mol. The van der Waals surface area contributed by atoms with Gasteiger partial charge in [-0.25, -0.2) is 9.18 Å². The van der Waals surface area contributed by atoms with Crippen LogP contribution in [0.4, 0.5) is 10.1 Å². The molecule has 0 aromatic heterocycles. The number of benzene rings is 2. The summed E-state index contributed by atoms with van der Waals surface area (Å²) in [5, 5.41) is 2.90. The van der Waals surface area contributed by atoms with Crippen LogP contribution in [-0.4, -0.2) is 18.5 Å². The molecule has 0 aliphatic heterocycles. The van der Waals surface area contributed by atoms with Gasteiger partial charge in [0.1, 0.15) is 5.82 Å². The van der Waals surface area contributed by atoms with E-state index in [1.165, 1.54) is 12.1 Å². The Balaban J connectivity index is 2.00. The summed E-state index contributed by atoms with van der Waals surface area (Å²) in [5.74, 6) is -2.19. The Hall–Kier alpha value is -2.40. The molecule has 0 fully saturated rings. The van der Waals surface area contributed by atoms with Gasteiger partial charge < -0.3 is 10.1 Å². The third-order valence-electron chi connectivity index (χ3n) is 3.49. The highest BCUT2D eigenvalue weighted by molar-refractivity contribution is 6.30. The zero-order valence-electron chi connectivity index (χ0n) is 13.4. The van der Waals surface area contributed by atoms with Gasteiger partial charge in [0.25, 0.3) is 5.91 Å². The number of hydrogen-bond donors (Lipinski definition) is 1. The molecule has 0 spiro atoms. The lowest BCUT2D eigenvalue weighted by Gasteiger charge is -2.13. The van der Waals surface area contributed by atoms with Crippen LogP contribution in [0.1, 0.15) is 28.4 Å². The van der Waals surface area contributed by atoms with E-state index in [1.54, 1.807) is 0 Å². The third kappa shape index (κ3) is 4.32. The van der Waals surface area contributed by atoms with Crippen LogP contribution in [0.3, 0.4) is 0 Å². The molecule has 1 amide bonds. The molecular formula is C18H17ClFNO3. The average Bonchev–Trinajstić information content (AvgIpc) is 2.54. The summed E-state index contributed by atoms with van der Waals surface area (Å²) in [7, 11) is 0. The van der Waals surface area contributed by atoms with E-state index in [4.69, 9.17) is 16.3 Å². The van der Waals surface area contributed by atoms with Crippen LogP contribution in [0.15, 0.2) is 36.4 Å². The highest BCUT2D eigenvalue weighted by atomic mass is 35.5. The first-order chi connectivity index (χ1) is 11.4. The van der Waals surface area contributed by atoms with E-state index in [1.807, 2.05) is 32.0 Å². The van der Waals surface area contributed by atoms with Crippen LogP contribution in [-0.2, 0) is 16.0 Å². The first kappa shape index (κ1) is 17.9. The Bertz CT molecular complexity index is 777. The molecule has 0 aliphatic carbocycles. The lowest BCUT2D eigenvalue weighted by atomic mass is 10.1. The van der Waals surface area contributed by atoms with Gasteiger partial charge >= 0.3 is 5.97 Å². The molecule has 0 heterocycles. The highest BCUT2D eigenvalue weighted by Crippen LogP contribution is 2.21. The molecule has 0 radical (unpaired) electrons. The Kier molecular flexibility index (Phi) is 5.93. The molecule has 2 aromatic carbocycles. The van der Waals surface area contributed by atoms with Gasteiger partial charge in [-0.15, -0.1) is 0 Å². The number of ether oxygens (including phenoxy) is 1. The Labute approximate surface area is 144 Å². The van der Waals surface area contributed by atoms with Gasteiger partial charge in [0.2, 0.25) is 0 Å². The number of esters is 1. The van der Waals surface area contributed by atoms with Gasteiger partial charge in [-0.3, -0.25) is 4.79 Å². The van der Waals surface area contributed by atoms with Gasteiger partial charge in [-0.2, -0.15) is 0 Å². The number of halogens is 2. The number of anilines is 1. The molecule has 0 unspecified atom stereocenters. The predicted octanol–water partition coefficient (Wildman–Crippen LogP) is 4.15. The first-order valence-electron chi connectivity index (χ1n) is 7.43. The molecule has 0 saturated heterocycles. The fraction of sp³-hybridized carbons (Fsp3) is 0.222. The maximum atomic E-state index is 13.6. The van der Waals surface area contributed by atoms with Crippen LogP contribution in [0, 0.1) is 12.7 Å². The Morgan fingerprint density at radius 3 is 2.67 bits per heavy atom. The number of aryl methyl sites for hydroxylation is 2. The smallest absolute Gasteiger partial charge is 0.341 e. The van der Waals surface area contributed by atoms with Crippen molar-refractivity contribution in [3.8, 4) is 0 Å². The number of nitrogens with one attached hydrogen (secondary N) is 1. The van der Waals surface area contributed by atoms with Gasteiger partial charge in [-0.1, -0.05) is 36.7 Å². The second kappa shape index (κ2) is 7.93. The van der Waals surface area contributed by atoms with Crippen LogP contribution in [0.2, 0.25) is 5.02 Å². The van der Waals surface area contributed by atoms with Crippen molar-refractivity contribution < 1.29 is 18.7 Å². The summed E-state index contributed by atoms with van der Waals surface area (Å²) in [6.07, 6.45) is 0.757. The molecule has 0 atom stereocenters. The molecule has 0 saturated carbocycles. The number of amides is 1. The number of carbonyl (C=O) groups is 2. The molecule has 2 rings (SSSR count). The Morgan fingerprint density at radius 1 is 1.25 bits per heavy atom. The summed E-state index contributed by atoms with van der Waals surface area (Å²) in [6, 6.07) is 9.31. The normalized spacial score (nSPS) is 10.3. The van der Waals surface area contributed by atoms with Crippen molar-refractivity contribution in [1.82, 2.24) is 0 Å². The minimum Gasteiger partial charge on any atom is -0.452 e. The zero-order valence-corrected chi connectivity index (χ0v) is 14.1. The molecule has 0 bridgehead atoms. The van der Waals surface area contributed by atoms with Crippen molar-refractivity contribution >= 4 is 29.2 Å². The lowest BCUT2D eigenvalue weighted by molar-refractivity contribution is -0.119. The molecule has 4 nitrogen and oxygen atoms in total. The Morgan fingerprint density at radius 2 is 2.00 bits per heavy atom. The molecule has 6 heteroatoms.